The Hall–Kier alpha value is -1.56. The van der Waals surface area contributed by atoms with Crippen molar-refractivity contribution in [2.45, 2.75) is 6.92 Å². The van der Waals surface area contributed by atoms with Gasteiger partial charge in [-0.3, -0.25) is 15.7 Å². The smallest absolute Gasteiger partial charge is 0.202 e. The van der Waals surface area contributed by atoms with E-state index >= 15 is 0 Å². The van der Waals surface area contributed by atoms with Crippen LogP contribution in [-0.2, 0) is 0 Å². The third kappa shape index (κ3) is 2.46. The third-order valence-corrected chi connectivity index (χ3v) is 2.59. The van der Waals surface area contributed by atoms with Gasteiger partial charge in [-0.15, -0.1) is 11.3 Å². The summed E-state index contributed by atoms with van der Waals surface area (Å²) in [6.45, 7) is 1.99. The number of nitrogens with one attached hydrogen (secondary N) is 3. The van der Waals surface area contributed by atoms with Crippen LogP contribution in [0.5, 0.6) is 0 Å². The summed E-state index contributed by atoms with van der Waals surface area (Å²) in [5, 5.41) is 18.4. The molecule has 1 heterocycles. The molecule has 0 saturated heterocycles. The first-order valence-corrected chi connectivity index (χ1v) is 4.82. The fraction of sp³-hybridized carbons (Fsp3) is 0.250. The first-order valence-electron chi connectivity index (χ1n) is 4.00. The van der Waals surface area contributed by atoms with E-state index in [0.717, 1.165) is 5.00 Å². The van der Waals surface area contributed by atoms with Gasteiger partial charge in [-0.1, -0.05) is 0 Å². The van der Waals surface area contributed by atoms with Crippen molar-refractivity contribution in [2.24, 2.45) is 5.73 Å². The number of hydrogen-bond donors (Lipinski definition) is 4. The molecular weight excluding hydrogens is 198 g/mol. The van der Waals surface area contributed by atoms with Gasteiger partial charge in [0.2, 0.25) is 5.96 Å². The molecule has 0 aromatic carbocycles. The fourth-order valence-electron chi connectivity index (χ4n) is 0.823. The number of guanidine groups is 2. The van der Waals surface area contributed by atoms with Gasteiger partial charge < -0.3 is 11.1 Å². The molecule has 5 nitrogen and oxygen atoms in total. The maximum atomic E-state index is 7.57. The van der Waals surface area contributed by atoms with Crippen molar-refractivity contribution in [1.29, 1.82) is 10.8 Å². The second-order valence-electron chi connectivity index (χ2n) is 2.83. The summed E-state index contributed by atoms with van der Waals surface area (Å²) in [5.41, 5.74) is 5.23. The number of rotatable bonds is 1. The molecule has 0 aliphatic rings. The highest BCUT2D eigenvalue weighted by molar-refractivity contribution is 7.16. The van der Waals surface area contributed by atoms with Gasteiger partial charge in [-0.2, -0.15) is 0 Å². The predicted octanol–water partition coefficient (Wildman–Crippen LogP) is 1.23. The van der Waals surface area contributed by atoms with Crippen LogP contribution in [0.25, 0.3) is 0 Å². The lowest BCUT2D eigenvalue weighted by atomic mass is 10.5. The van der Waals surface area contributed by atoms with Gasteiger partial charge in [-0.25, -0.2) is 0 Å². The molecule has 0 bridgehead atoms. The largest absolute Gasteiger partial charge is 0.370 e. The van der Waals surface area contributed by atoms with E-state index in [-0.39, 0.29) is 11.9 Å². The summed E-state index contributed by atoms with van der Waals surface area (Å²) in [6, 6.07) is 3.86. The van der Waals surface area contributed by atoms with E-state index in [9.17, 15) is 0 Å². The van der Waals surface area contributed by atoms with Crippen LogP contribution in [-0.4, -0.2) is 23.9 Å². The van der Waals surface area contributed by atoms with Crippen molar-refractivity contribution in [3.8, 4) is 0 Å². The average molecular weight is 211 g/mol. The van der Waals surface area contributed by atoms with E-state index < -0.39 is 0 Å². The minimum absolute atomic E-state index is 0.0966. The summed E-state index contributed by atoms with van der Waals surface area (Å²) >= 11 is 1.56. The van der Waals surface area contributed by atoms with Gasteiger partial charge in [-0.05, 0) is 19.1 Å². The molecule has 1 aromatic rings. The minimum atomic E-state index is -0.157. The Bertz CT molecular complexity index is 356. The molecule has 0 atom stereocenters. The second kappa shape index (κ2) is 4.10. The first-order chi connectivity index (χ1) is 6.50. The maximum Gasteiger partial charge on any atom is 0.202 e. The van der Waals surface area contributed by atoms with Crippen LogP contribution in [0.2, 0.25) is 0 Å². The summed E-state index contributed by atoms with van der Waals surface area (Å²) in [5.74, 6) is -0.0601. The van der Waals surface area contributed by atoms with E-state index in [2.05, 4.69) is 5.32 Å². The summed E-state index contributed by atoms with van der Waals surface area (Å²) in [6.07, 6.45) is 0. The topological polar surface area (TPSA) is 89.0 Å². The molecule has 0 amide bonds. The molecule has 0 saturated carbocycles. The molecule has 0 radical (unpaired) electrons. The monoisotopic (exact) mass is 211 g/mol. The highest BCUT2D eigenvalue weighted by atomic mass is 32.1. The van der Waals surface area contributed by atoms with Crippen molar-refractivity contribution in [2.75, 3.05) is 12.4 Å². The Morgan fingerprint density at radius 2 is 2.14 bits per heavy atom. The van der Waals surface area contributed by atoms with Gasteiger partial charge in [0.25, 0.3) is 0 Å². The van der Waals surface area contributed by atoms with Crippen molar-refractivity contribution in [3.63, 3.8) is 0 Å². The number of aryl methyl sites for hydroxylation is 1. The SMILES string of the molecule is Cc1ccc(NC(=N)N(C)C(=N)N)s1. The zero-order valence-electron chi connectivity index (χ0n) is 8.09. The van der Waals surface area contributed by atoms with E-state index in [0.29, 0.717) is 0 Å². The van der Waals surface area contributed by atoms with E-state index in [1.54, 1.807) is 18.4 Å². The van der Waals surface area contributed by atoms with E-state index in [4.69, 9.17) is 16.6 Å². The lowest BCUT2D eigenvalue weighted by Crippen LogP contribution is -2.41. The Balaban J connectivity index is 2.61. The first kappa shape index (κ1) is 10.5. The normalized spacial score (nSPS) is 9.57. The molecule has 0 spiro atoms. The van der Waals surface area contributed by atoms with Crippen molar-refractivity contribution >= 4 is 28.3 Å². The van der Waals surface area contributed by atoms with Crippen LogP contribution in [0.3, 0.4) is 0 Å². The van der Waals surface area contributed by atoms with Crippen LogP contribution >= 0.6 is 11.3 Å². The van der Waals surface area contributed by atoms with Gasteiger partial charge in [0.05, 0.1) is 5.00 Å². The molecular formula is C8H13N5S. The third-order valence-electron chi connectivity index (χ3n) is 1.68. The molecule has 5 N–H and O–H groups in total. The minimum Gasteiger partial charge on any atom is -0.370 e. The zero-order valence-corrected chi connectivity index (χ0v) is 8.90. The van der Waals surface area contributed by atoms with Crippen LogP contribution in [0.1, 0.15) is 4.88 Å². The summed E-state index contributed by atoms with van der Waals surface area (Å²) < 4.78 is 0. The molecule has 1 rings (SSSR count). The zero-order chi connectivity index (χ0) is 10.7. The van der Waals surface area contributed by atoms with E-state index in [1.165, 1.54) is 9.78 Å². The summed E-state index contributed by atoms with van der Waals surface area (Å²) in [4.78, 5) is 2.43. The molecule has 0 unspecified atom stereocenters. The maximum absolute atomic E-state index is 7.57. The standard InChI is InChI=1S/C8H13N5S/c1-5-3-4-6(14-5)12-8(11)13(2)7(9)10/h3-4H,1-2H3,(H3,9,10)(H2,11,12). The fourth-order valence-corrected chi connectivity index (χ4v) is 1.59. The van der Waals surface area contributed by atoms with Gasteiger partial charge >= 0.3 is 0 Å². The molecule has 76 valence electrons. The Labute approximate surface area is 86.6 Å². The number of anilines is 1. The lowest BCUT2D eigenvalue weighted by molar-refractivity contribution is 0.725. The number of nitrogens with two attached hydrogens (primary N) is 1. The molecule has 0 aliphatic carbocycles. The average Bonchev–Trinajstić information content (AvgIpc) is 2.49. The number of hydrogen-bond acceptors (Lipinski definition) is 3. The van der Waals surface area contributed by atoms with Gasteiger partial charge in [0.1, 0.15) is 0 Å². The second-order valence-corrected chi connectivity index (χ2v) is 4.12. The molecule has 6 heteroatoms. The molecule has 0 aliphatic heterocycles. The van der Waals surface area contributed by atoms with Crippen LogP contribution in [0.4, 0.5) is 5.00 Å². The van der Waals surface area contributed by atoms with Crippen LogP contribution in [0, 0.1) is 17.7 Å². The van der Waals surface area contributed by atoms with Crippen LogP contribution in [0.15, 0.2) is 12.1 Å². The Morgan fingerprint density at radius 1 is 1.50 bits per heavy atom. The molecule has 0 fully saturated rings. The molecule has 1 aromatic heterocycles. The lowest BCUT2D eigenvalue weighted by Gasteiger charge is -2.17. The van der Waals surface area contributed by atoms with Gasteiger partial charge in [0, 0.05) is 11.9 Å². The summed E-state index contributed by atoms with van der Waals surface area (Å²) in [7, 11) is 1.57. The van der Waals surface area contributed by atoms with Crippen molar-refractivity contribution in [1.82, 2.24) is 4.90 Å². The van der Waals surface area contributed by atoms with E-state index in [1.807, 2.05) is 19.1 Å². The van der Waals surface area contributed by atoms with Crippen LogP contribution < -0.4 is 11.1 Å². The highest BCUT2D eigenvalue weighted by Gasteiger charge is 2.07. The van der Waals surface area contributed by atoms with Gasteiger partial charge in [0.15, 0.2) is 5.96 Å². The highest BCUT2D eigenvalue weighted by Crippen LogP contribution is 2.20. The van der Waals surface area contributed by atoms with Crippen molar-refractivity contribution in [3.05, 3.63) is 17.0 Å². The quantitative estimate of drug-likeness (QED) is 0.416. The number of nitrogens with zero attached hydrogens (tertiary/aromatic N) is 1. The Kier molecular flexibility index (Phi) is 3.08. The van der Waals surface area contributed by atoms with Crippen molar-refractivity contribution < 1.29 is 0 Å². The molecule has 14 heavy (non-hydrogen) atoms. The predicted molar refractivity (Wildman–Crippen MR) is 60.1 cm³/mol. The Morgan fingerprint density at radius 3 is 2.57 bits per heavy atom. The number of thiophene rings is 1.